The van der Waals surface area contributed by atoms with Gasteiger partial charge in [0.25, 0.3) is 0 Å². The van der Waals surface area contributed by atoms with Crippen LogP contribution < -0.4 is 0 Å². The standard InChI is InChI=1S/C17H12Cl2OS/c18-14-6-3-7-15(19)13(14)10-21-17-9-8-16(20)11-4-1-2-5-12(11)17/h1-9,20H,10H2. The van der Waals surface area contributed by atoms with Gasteiger partial charge >= 0.3 is 0 Å². The first kappa shape index (κ1) is 14.6. The molecule has 0 saturated heterocycles. The number of phenolic OH excluding ortho intramolecular Hbond substituents is 1. The second-order valence-corrected chi connectivity index (χ2v) is 6.45. The van der Waals surface area contributed by atoms with Crippen LogP contribution in [0.3, 0.4) is 0 Å². The fraction of sp³-hybridized carbons (Fsp3) is 0.0588. The highest BCUT2D eigenvalue weighted by Gasteiger charge is 2.09. The average molecular weight is 335 g/mol. The quantitative estimate of drug-likeness (QED) is 0.580. The third kappa shape index (κ3) is 2.98. The van der Waals surface area contributed by atoms with Gasteiger partial charge < -0.3 is 5.11 Å². The normalized spacial score (nSPS) is 11.0. The highest BCUT2D eigenvalue weighted by atomic mass is 35.5. The lowest BCUT2D eigenvalue weighted by Crippen LogP contribution is -1.86. The van der Waals surface area contributed by atoms with Gasteiger partial charge in [-0.15, -0.1) is 11.8 Å². The molecule has 0 atom stereocenters. The molecule has 0 bridgehead atoms. The van der Waals surface area contributed by atoms with Gasteiger partial charge in [0.2, 0.25) is 0 Å². The molecule has 0 aliphatic rings. The number of hydrogen-bond acceptors (Lipinski definition) is 2. The number of aromatic hydroxyl groups is 1. The molecular weight excluding hydrogens is 323 g/mol. The predicted molar refractivity (Wildman–Crippen MR) is 91.6 cm³/mol. The second kappa shape index (κ2) is 6.18. The van der Waals surface area contributed by atoms with Crippen LogP contribution in [0.1, 0.15) is 5.56 Å². The van der Waals surface area contributed by atoms with Crippen molar-refractivity contribution in [2.24, 2.45) is 0 Å². The molecule has 3 rings (SSSR count). The fourth-order valence-corrected chi connectivity index (χ4v) is 4.00. The van der Waals surface area contributed by atoms with Gasteiger partial charge in [0.1, 0.15) is 5.75 Å². The SMILES string of the molecule is Oc1ccc(SCc2c(Cl)cccc2Cl)c2ccccc12. The smallest absolute Gasteiger partial charge is 0.123 e. The molecule has 0 spiro atoms. The van der Waals surface area contributed by atoms with Crippen LogP contribution in [0.15, 0.2) is 59.5 Å². The maximum atomic E-state index is 9.92. The van der Waals surface area contributed by atoms with E-state index in [0.717, 1.165) is 21.2 Å². The number of halogens is 2. The lowest BCUT2D eigenvalue weighted by atomic mass is 10.1. The molecule has 21 heavy (non-hydrogen) atoms. The van der Waals surface area contributed by atoms with E-state index in [1.165, 1.54) is 0 Å². The summed E-state index contributed by atoms with van der Waals surface area (Å²) < 4.78 is 0. The summed E-state index contributed by atoms with van der Waals surface area (Å²) in [6, 6.07) is 17.0. The molecule has 0 saturated carbocycles. The van der Waals surface area contributed by atoms with Gasteiger partial charge in [-0.25, -0.2) is 0 Å². The molecule has 106 valence electrons. The van der Waals surface area contributed by atoms with Crippen molar-refractivity contribution >= 4 is 45.7 Å². The van der Waals surface area contributed by atoms with Crippen LogP contribution in [0.5, 0.6) is 5.75 Å². The number of phenols is 1. The van der Waals surface area contributed by atoms with Crippen LogP contribution in [0.4, 0.5) is 0 Å². The first-order valence-corrected chi connectivity index (χ1v) is 8.17. The first-order chi connectivity index (χ1) is 10.2. The van der Waals surface area contributed by atoms with E-state index in [4.69, 9.17) is 23.2 Å². The Balaban J connectivity index is 1.94. The molecular formula is C17H12Cl2OS. The van der Waals surface area contributed by atoms with Crippen LogP contribution in [-0.2, 0) is 5.75 Å². The number of hydrogen-bond donors (Lipinski definition) is 1. The van der Waals surface area contributed by atoms with Crippen molar-refractivity contribution < 1.29 is 5.11 Å². The Kier molecular flexibility index (Phi) is 4.29. The summed E-state index contributed by atoms with van der Waals surface area (Å²) in [4.78, 5) is 1.10. The van der Waals surface area contributed by atoms with E-state index in [2.05, 4.69) is 0 Å². The molecule has 3 aromatic carbocycles. The van der Waals surface area contributed by atoms with Crippen molar-refractivity contribution in [2.45, 2.75) is 10.6 Å². The fourth-order valence-electron chi connectivity index (χ4n) is 2.20. The van der Waals surface area contributed by atoms with Gasteiger partial charge in [-0.1, -0.05) is 53.5 Å². The minimum Gasteiger partial charge on any atom is -0.507 e. The number of benzene rings is 3. The topological polar surface area (TPSA) is 20.2 Å². The Morgan fingerprint density at radius 3 is 2.19 bits per heavy atom. The molecule has 4 heteroatoms. The summed E-state index contributed by atoms with van der Waals surface area (Å²) in [6.07, 6.45) is 0. The number of fused-ring (bicyclic) bond motifs is 1. The van der Waals surface area contributed by atoms with E-state index in [0.29, 0.717) is 21.5 Å². The third-order valence-electron chi connectivity index (χ3n) is 3.29. The minimum atomic E-state index is 0.297. The maximum absolute atomic E-state index is 9.92. The van der Waals surface area contributed by atoms with Gasteiger partial charge in [-0.3, -0.25) is 0 Å². The van der Waals surface area contributed by atoms with Crippen molar-refractivity contribution in [1.29, 1.82) is 0 Å². The average Bonchev–Trinajstić information content (AvgIpc) is 2.49. The summed E-state index contributed by atoms with van der Waals surface area (Å²) in [6.45, 7) is 0. The zero-order chi connectivity index (χ0) is 14.8. The summed E-state index contributed by atoms with van der Waals surface area (Å²) in [5.74, 6) is 0.985. The zero-order valence-electron chi connectivity index (χ0n) is 11.0. The molecule has 0 aliphatic carbocycles. The van der Waals surface area contributed by atoms with Crippen LogP contribution in [0.25, 0.3) is 10.8 Å². The van der Waals surface area contributed by atoms with Crippen molar-refractivity contribution in [3.8, 4) is 5.75 Å². The summed E-state index contributed by atoms with van der Waals surface area (Å²) in [5.41, 5.74) is 0.933. The highest BCUT2D eigenvalue weighted by molar-refractivity contribution is 7.98. The van der Waals surface area contributed by atoms with E-state index in [1.807, 2.05) is 48.5 Å². The second-order valence-electron chi connectivity index (χ2n) is 4.62. The molecule has 3 aromatic rings. The Morgan fingerprint density at radius 1 is 0.810 bits per heavy atom. The Labute approximate surface area is 137 Å². The lowest BCUT2D eigenvalue weighted by Gasteiger charge is -2.10. The molecule has 0 aromatic heterocycles. The van der Waals surface area contributed by atoms with Gasteiger partial charge in [-0.05, 0) is 35.2 Å². The summed E-state index contributed by atoms with van der Waals surface area (Å²) in [5, 5.41) is 13.2. The lowest BCUT2D eigenvalue weighted by molar-refractivity contribution is 0.481. The van der Waals surface area contributed by atoms with Gasteiger partial charge in [0.15, 0.2) is 0 Å². The molecule has 0 aliphatic heterocycles. The minimum absolute atomic E-state index is 0.297. The first-order valence-electron chi connectivity index (χ1n) is 6.43. The number of thioether (sulfide) groups is 1. The van der Waals surface area contributed by atoms with Crippen LogP contribution in [-0.4, -0.2) is 5.11 Å². The van der Waals surface area contributed by atoms with Crippen LogP contribution >= 0.6 is 35.0 Å². The summed E-state index contributed by atoms with van der Waals surface area (Å²) in [7, 11) is 0. The summed E-state index contributed by atoms with van der Waals surface area (Å²) >= 11 is 14.1. The Bertz CT molecular complexity index is 782. The molecule has 1 nitrogen and oxygen atoms in total. The molecule has 0 amide bonds. The van der Waals surface area contributed by atoms with Crippen molar-refractivity contribution in [1.82, 2.24) is 0 Å². The molecule has 0 unspecified atom stereocenters. The van der Waals surface area contributed by atoms with Crippen molar-refractivity contribution in [2.75, 3.05) is 0 Å². The highest BCUT2D eigenvalue weighted by Crippen LogP contribution is 2.37. The molecule has 1 N–H and O–H groups in total. The predicted octanol–water partition coefficient (Wildman–Crippen LogP) is 6.14. The zero-order valence-corrected chi connectivity index (χ0v) is 13.3. The third-order valence-corrected chi connectivity index (χ3v) is 5.10. The van der Waals surface area contributed by atoms with E-state index < -0.39 is 0 Å². The van der Waals surface area contributed by atoms with Gasteiger partial charge in [-0.2, -0.15) is 0 Å². The largest absolute Gasteiger partial charge is 0.507 e. The van der Waals surface area contributed by atoms with Crippen LogP contribution in [0, 0.1) is 0 Å². The van der Waals surface area contributed by atoms with Gasteiger partial charge in [0, 0.05) is 26.1 Å². The maximum Gasteiger partial charge on any atom is 0.123 e. The van der Waals surface area contributed by atoms with Crippen molar-refractivity contribution in [3.05, 3.63) is 70.2 Å². The monoisotopic (exact) mass is 334 g/mol. The molecule has 0 radical (unpaired) electrons. The van der Waals surface area contributed by atoms with Crippen LogP contribution in [0.2, 0.25) is 10.0 Å². The van der Waals surface area contributed by atoms with Crippen molar-refractivity contribution in [3.63, 3.8) is 0 Å². The van der Waals surface area contributed by atoms with Gasteiger partial charge in [0.05, 0.1) is 0 Å². The van der Waals surface area contributed by atoms with E-state index in [9.17, 15) is 5.11 Å². The molecule has 0 heterocycles. The van der Waals surface area contributed by atoms with E-state index in [1.54, 1.807) is 17.8 Å². The Morgan fingerprint density at radius 2 is 1.48 bits per heavy atom. The molecule has 0 fully saturated rings. The van der Waals surface area contributed by atoms with E-state index >= 15 is 0 Å². The number of rotatable bonds is 3. The Hall–Kier alpha value is -1.35. The van der Waals surface area contributed by atoms with E-state index in [-0.39, 0.29) is 0 Å².